The number of hydrogen-bond acceptors (Lipinski definition) is 5. The van der Waals surface area contributed by atoms with Crippen molar-refractivity contribution in [1.29, 1.82) is 0 Å². The summed E-state index contributed by atoms with van der Waals surface area (Å²) in [6.45, 7) is 2.15. The first-order valence-electron chi connectivity index (χ1n) is 4.63. The number of aryl methyl sites for hydroxylation is 1. The third kappa shape index (κ3) is 3.14. The Hall–Kier alpha value is -0.280. The van der Waals surface area contributed by atoms with Gasteiger partial charge in [0.15, 0.2) is 0 Å². The van der Waals surface area contributed by atoms with Crippen molar-refractivity contribution in [2.24, 2.45) is 0 Å². The zero-order valence-electron chi connectivity index (χ0n) is 8.81. The predicted molar refractivity (Wildman–Crippen MR) is 72.9 cm³/mol. The third-order valence-electron chi connectivity index (χ3n) is 2.08. The van der Waals surface area contributed by atoms with Gasteiger partial charge in [-0.05, 0) is 35.0 Å². The Morgan fingerprint density at radius 1 is 1.47 bits per heavy atom. The minimum atomic E-state index is -3.41. The molecule has 0 spiro atoms. The van der Waals surface area contributed by atoms with Crippen LogP contribution >= 0.6 is 38.6 Å². The average molecular weight is 353 g/mol. The van der Waals surface area contributed by atoms with Crippen molar-refractivity contribution in [3.63, 3.8) is 0 Å². The van der Waals surface area contributed by atoms with Crippen molar-refractivity contribution in [1.82, 2.24) is 9.71 Å². The maximum absolute atomic E-state index is 11.9. The van der Waals surface area contributed by atoms with Gasteiger partial charge in [0.05, 0.1) is 15.0 Å². The van der Waals surface area contributed by atoms with E-state index in [1.165, 1.54) is 22.7 Å². The van der Waals surface area contributed by atoms with Crippen LogP contribution in [0.1, 0.15) is 10.6 Å². The zero-order chi connectivity index (χ0) is 12.5. The summed E-state index contributed by atoms with van der Waals surface area (Å²) < 4.78 is 27.5. The zero-order valence-corrected chi connectivity index (χ0v) is 12.8. The number of sulfonamides is 1. The van der Waals surface area contributed by atoms with Crippen molar-refractivity contribution in [3.05, 3.63) is 32.0 Å². The van der Waals surface area contributed by atoms with Gasteiger partial charge < -0.3 is 0 Å². The van der Waals surface area contributed by atoms with E-state index >= 15 is 0 Å². The van der Waals surface area contributed by atoms with Crippen LogP contribution < -0.4 is 4.72 Å². The molecule has 0 saturated carbocycles. The first kappa shape index (κ1) is 13.2. The van der Waals surface area contributed by atoms with Gasteiger partial charge in [0.2, 0.25) is 10.0 Å². The number of halogens is 1. The Bertz CT molecular complexity index is 618. The minimum Gasteiger partial charge on any atom is -0.250 e. The van der Waals surface area contributed by atoms with Gasteiger partial charge in [-0.15, -0.1) is 22.7 Å². The van der Waals surface area contributed by atoms with Crippen LogP contribution in [0.15, 0.2) is 25.6 Å². The number of rotatable bonds is 4. The fraction of sp³-hybridized carbons (Fsp3) is 0.222. The molecule has 2 heterocycles. The second-order valence-corrected chi connectivity index (χ2v) is 8.64. The summed E-state index contributed by atoms with van der Waals surface area (Å²) in [6.07, 6.45) is 0. The van der Waals surface area contributed by atoms with Crippen LogP contribution in [0.4, 0.5) is 0 Å². The summed E-state index contributed by atoms with van der Waals surface area (Å²) in [7, 11) is -3.41. The van der Waals surface area contributed by atoms with Gasteiger partial charge in [-0.1, -0.05) is 0 Å². The van der Waals surface area contributed by atoms with E-state index in [9.17, 15) is 8.42 Å². The largest absolute Gasteiger partial charge is 0.250 e. The summed E-state index contributed by atoms with van der Waals surface area (Å²) in [5.74, 6) is 0. The monoisotopic (exact) mass is 352 g/mol. The van der Waals surface area contributed by atoms with E-state index in [1.54, 1.807) is 17.6 Å². The van der Waals surface area contributed by atoms with E-state index in [-0.39, 0.29) is 6.54 Å². The molecule has 92 valence electrons. The minimum absolute atomic E-state index is 0.286. The number of thiazole rings is 1. The van der Waals surface area contributed by atoms with E-state index in [1.807, 2.05) is 6.92 Å². The van der Waals surface area contributed by atoms with Crippen molar-refractivity contribution in [2.75, 3.05) is 0 Å². The normalized spacial score (nSPS) is 11.9. The number of thiophene rings is 1. The molecule has 8 heteroatoms. The molecule has 0 unspecified atom stereocenters. The Morgan fingerprint density at radius 3 is 2.76 bits per heavy atom. The maximum Gasteiger partial charge on any atom is 0.250 e. The molecular formula is C9H9BrN2O2S3. The van der Waals surface area contributed by atoms with Gasteiger partial charge in [0, 0.05) is 11.4 Å². The predicted octanol–water partition coefficient (Wildman–Crippen LogP) is 2.75. The Kier molecular flexibility index (Phi) is 3.99. The number of nitrogens with zero attached hydrogens (tertiary/aromatic N) is 1. The van der Waals surface area contributed by atoms with E-state index in [0.29, 0.717) is 4.21 Å². The number of nitrogens with one attached hydrogen (secondary N) is 1. The second-order valence-electron chi connectivity index (χ2n) is 3.24. The van der Waals surface area contributed by atoms with Crippen LogP contribution in [0.2, 0.25) is 0 Å². The van der Waals surface area contributed by atoms with Gasteiger partial charge in [-0.25, -0.2) is 18.1 Å². The van der Waals surface area contributed by atoms with Crippen molar-refractivity contribution in [2.45, 2.75) is 17.7 Å². The highest BCUT2D eigenvalue weighted by Gasteiger charge is 2.16. The van der Waals surface area contributed by atoms with Crippen molar-refractivity contribution >= 4 is 48.6 Å². The van der Waals surface area contributed by atoms with Gasteiger partial charge in [0.25, 0.3) is 0 Å². The fourth-order valence-electron chi connectivity index (χ4n) is 1.17. The lowest BCUT2D eigenvalue weighted by Gasteiger charge is -2.03. The first-order chi connectivity index (χ1) is 7.99. The molecule has 0 atom stereocenters. The van der Waals surface area contributed by atoms with Crippen LogP contribution in [0, 0.1) is 6.92 Å². The topological polar surface area (TPSA) is 59.1 Å². The highest BCUT2D eigenvalue weighted by molar-refractivity contribution is 9.11. The van der Waals surface area contributed by atoms with E-state index in [0.717, 1.165) is 14.4 Å². The summed E-state index contributed by atoms with van der Waals surface area (Å²) in [5, 5.41) is 0. The Morgan fingerprint density at radius 2 is 2.24 bits per heavy atom. The smallest absolute Gasteiger partial charge is 0.250 e. The lowest BCUT2D eigenvalue weighted by atomic mass is 10.4. The standard InChI is InChI=1S/C9H9BrN2O2S3/c1-6-7(15-5-11-6)4-12-17(13,14)9-3-2-8(10)16-9/h2-3,5,12H,4H2,1H3. The average Bonchev–Trinajstić information content (AvgIpc) is 2.85. The molecule has 17 heavy (non-hydrogen) atoms. The molecular weight excluding hydrogens is 344 g/mol. The molecule has 2 aromatic heterocycles. The highest BCUT2D eigenvalue weighted by Crippen LogP contribution is 2.26. The van der Waals surface area contributed by atoms with Crippen LogP contribution in [0.5, 0.6) is 0 Å². The third-order valence-corrected chi connectivity index (χ3v) is 6.53. The van der Waals surface area contributed by atoms with Gasteiger partial charge in [-0.3, -0.25) is 0 Å². The lowest BCUT2D eigenvalue weighted by Crippen LogP contribution is -2.22. The summed E-state index contributed by atoms with van der Waals surface area (Å²) >= 11 is 5.88. The van der Waals surface area contributed by atoms with Crippen molar-refractivity contribution in [3.8, 4) is 0 Å². The molecule has 0 amide bonds. The number of aromatic nitrogens is 1. The molecule has 0 radical (unpaired) electrons. The summed E-state index contributed by atoms with van der Waals surface area (Å²) in [5.41, 5.74) is 2.57. The highest BCUT2D eigenvalue weighted by atomic mass is 79.9. The fourth-order valence-corrected chi connectivity index (χ4v) is 5.03. The molecule has 4 nitrogen and oxygen atoms in total. The summed E-state index contributed by atoms with van der Waals surface area (Å²) in [6, 6.07) is 3.30. The van der Waals surface area contributed by atoms with Crippen LogP contribution in [-0.2, 0) is 16.6 Å². The quantitative estimate of drug-likeness (QED) is 0.920. The summed E-state index contributed by atoms with van der Waals surface area (Å²) in [4.78, 5) is 5.01. The van der Waals surface area contributed by atoms with Gasteiger partial charge in [0.1, 0.15) is 4.21 Å². The molecule has 0 bridgehead atoms. The van der Waals surface area contributed by atoms with Crippen LogP contribution in [0.3, 0.4) is 0 Å². The van der Waals surface area contributed by atoms with Gasteiger partial charge >= 0.3 is 0 Å². The Balaban J connectivity index is 2.11. The SMILES string of the molecule is Cc1ncsc1CNS(=O)(=O)c1ccc(Br)s1. The van der Waals surface area contributed by atoms with Crippen LogP contribution in [-0.4, -0.2) is 13.4 Å². The second kappa shape index (κ2) is 5.15. The molecule has 0 fully saturated rings. The molecule has 0 aliphatic heterocycles. The molecule has 0 aliphatic rings. The Labute approximate surface area is 116 Å². The maximum atomic E-state index is 11.9. The number of hydrogen-bond donors (Lipinski definition) is 1. The van der Waals surface area contributed by atoms with E-state index < -0.39 is 10.0 Å². The molecule has 2 aromatic rings. The molecule has 0 aromatic carbocycles. The molecule has 0 saturated heterocycles. The van der Waals surface area contributed by atoms with Gasteiger partial charge in [-0.2, -0.15) is 0 Å². The lowest BCUT2D eigenvalue weighted by molar-refractivity contribution is 0.584. The molecule has 0 aliphatic carbocycles. The van der Waals surface area contributed by atoms with E-state index in [4.69, 9.17) is 0 Å². The van der Waals surface area contributed by atoms with Crippen LogP contribution in [0.25, 0.3) is 0 Å². The van der Waals surface area contributed by atoms with Crippen molar-refractivity contribution < 1.29 is 8.42 Å². The molecule has 1 N–H and O–H groups in total. The van der Waals surface area contributed by atoms with E-state index in [2.05, 4.69) is 25.6 Å². The molecule has 2 rings (SSSR count). The first-order valence-corrected chi connectivity index (χ1v) is 8.60.